The quantitative estimate of drug-likeness (QED) is 0.282. The number of halogens is 1. The highest BCUT2D eigenvalue weighted by Crippen LogP contribution is 2.12. The molecule has 0 saturated heterocycles. The van der Waals surface area contributed by atoms with E-state index in [-0.39, 0.29) is 5.84 Å². The first-order valence-electron chi connectivity index (χ1n) is 4.36. The van der Waals surface area contributed by atoms with Gasteiger partial charge in [0.1, 0.15) is 0 Å². The second kappa shape index (κ2) is 4.47. The molecule has 0 aliphatic heterocycles. The van der Waals surface area contributed by atoms with Crippen molar-refractivity contribution < 1.29 is 5.21 Å². The third-order valence-corrected chi connectivity index (χ3v) is 2.50. The Bertz CT molecular complexity index is 536. The fourth-order valence-electron chi connectivity index (χ4n) is 1.25. The van der Waals surface area contributed by atoms with Gasteiger partial charge < -0.3 is 10.9 Å². The van der Waals surface area contributed by atoms with E-state index in [1.807, 2.05) is 0 Å². The maximum absolute atomic E-state index is 8.67. The second-order valence-electron chi connectivity index (χ2n) is 2.96. The highest BCUT2D eigenvalue weighted by molar-refractivity contribution is 14.1. The maximum atomic E-state index is 8.67. The molecule has 0 aliphatic carbocycles. The van der Waals surface area contributed by atoms with E-state index in [1.54, 1.807) is 35.4 Å². The van der Waals surface area contributed by atoms with Crippen LogP contribution in [0.15, 0.2) is 35.9 Å². The maximum Gasteiger partial charge on any atom is 0.173 e. The summed E-state index contributed by atoms with van der Waals surface area (Å²) in [5.41, 5.74) is 6.09. The lowest BCUT2D eigenvalue weighted by Crippen LogP contribution is -2.17. The van der Waals surface area contributed by atoms with E-state index in [4.69, 9.17) is 10.9 Å². The number of hydrogen-bond donors (Lipinski definition) is 2. The Balaban J connectivity index is 2.57. The first-order chi connectivity index (χ1) is 7.72. The molecule has 0 saturated carbocycles. The van der Waals surface area contributed by atoms with Gasteiger partial charge in [0, 0.05) is 12.4 Å². The van der Waals surface area contributed by atoms with Gasteiger partial charge in [-0.2, -0.15) is 5.10 Å². The third-order valence-electron chi connectivity index (χ3n) is 1.94. The first kappa shape index (κ1) is 10.9. The standard InChI is InChI=1S/C9H8IN5O/c10-6-4-13-15(5-6)9-7(8(11)14-16)2-1-3-12-9/h1-5,16H,(H2,11,14). The number of rotatable bonds is 2. The summed E-state index contributed by atoms with van der Waals surface area (Å²) in [5, 5.41) is 15.7. The third kappa shape index (κ3) is 1.98. The first-order valence-corrected chi connectivity index (χ1v) is 5.43. The van der Waals surface area contributed by atoms with Crippen molar-refractivity contribution >= 4 is 28.4 Å². The number of aromatic nitrogens is 3. The van der Waals surface area contributed by atoms with Crippen LogP contribution in [-0.2, 0) is 0 Å². The lowest BCUT2D eigenvalue weighted by atomic mass is 10.2. The van der Waals surface area contributed by atoms with Crippen LogP contribution in [-0.4, -0.2) is 25.8 Å². The molecule has 2 rings (SSSR count). The summed E-state index contributed by atoms with van der Waals surface area (Å²) < 4.78 is 2.56. The van der Waals surface area contributed by atoms with Gasteiger partial charge in [-0.1, -0.05) is 5.16 Å². The molecule has 6 nitrogen and oxygen atoms in total. The van der Waals surface area contributed by atoms with Gasteiger partial charge >= 0.3 is 0 Å². The smallest absolute Gasteiger partial charge is 0.173 e. The number of pyridine rings is 1. The minimum Gasteiger partial charge on any atom is -0.409 e. The van der Waals surface area contributed by atoms with E-state index in [9.17, 15) is 0 Å². The Hall–Kier alpha value is -1.64. The molecule has 0 fully saturated rings. The van der Waals surface area contributed by atoms with Gasteiger partial charge in [0.15, 0.2) is 11.7 Å². The lowest BCUT2D eigenvalue weighted by molar-refractivity contribution is 0.318. The molecule has 0 atom stereocenters. The molecule has 7 heteroatoms. The summed E-state index contributed by atoms with van der Waals surface area (Å²) in [7, 11) is 0. The number of amidine groups is 1. The monoisotopic (exact) mass is 329 g/mol. The minimum absolute atomic E-state index is 0.00797. The molecule has 2 heterocycles. The minimum atomic E-state index is 0.00797. The summed E-state index contributed by atoms with van der Waals surface area (Å²) in [6.45, 7) is 0. The van der Waals surface area contributed by atoms with Crippen LogP contribution in [0, 0.1) is 3.57 Å². The summed E-state index contributed by atoms with van der Waals surface area (Å²) in [5.74, 6) is 0.536. The Labute approximate surface area is 105 Å². The zero-order chi connectivity index (χ0) is 11.5. The van der Waals surface area contributed by atoms with Crippen LogP contribution in [0.3, 0.4) is 0 Å². The molecule has 0 aliphatic rings. The molecule has 0 spiro atoms. The van der Waals surface area contributed by atoms with Crippen molar-refractivity contribution in [3.8, 4) is 5.82 Å². The van der Waals surface area contributed by atoms with Gasteiger partial charge in [0.05, 0.1) is 15.3 Å². The average molecular weight is 329 g/mol. The predicted octanol–water partition coefficient (Wildman–Crippen LogP) is 0.966. The van der Waals surface area contributed by atoms with Gasteiger partial charge in [-0.25, -0.2) is 9.67 Å². The fraction of sp³-hybridized carbons (Fsp3) is 0. The average Bonchev–Trinajstić information content (AvgIpc) is 2.75. The van der Waals surface area contributed by atoms with Crippen LogP contribution in [0.5, 0.6) is 0 Å². The molecule has 2 aromatic rings. The normalized spacial score (nSPS) is 11.7. The molecular weight excluding hydrogens is 321 g/mol. The Kier molecular flexibility index (Phi) is 3.04. The molecular formula is C9H8IN5O. The van der Waals surface area contributed by atoms with Crippen LogP contribution >= 0.6 is 22.6 Å². The van der Waals surface area contributed by atoms with Crippen molar-refractivity contribution in [3.63, 3.8) is 0 Å². The van der Waals surface area contributed by atoms with E-state index in [0.717, 1.165) is 3.57 Å². The predicted molar refractivity (Wildman–Crippen MR) is 66.6 cm³/mol. The van der Waals surface area contributed by atoms with E-state index in [2.05, 4.69) is 37.8 Å². The largest absolute Gasteiger partial charge is 0.409 e. The lowest BCUT2D eigenvalue weighted by Gasteiger charge is -2.05. The van der Waals surface area contributed by atoms with Gasteiger partial charge in [0.2, 0.25) is 0 Å². The van der Waals surface area contributed by atoms with E-state index >= 15 is 0 Å². The van der Waals surface area contributed by atoms with Crippen LogP contribution < -0.4 is 5.73 Å². The molecule has 3 N–H and O–H groups in total. The topological polar surface area (TPSA) is 89.3 Å². The van der Waals surface area contributed by atoms with E-state index in [0.29, 0.717) is 11.4 Å². The van der Waals surface area contributed by atoms with Gasteiger partial charge in [-0.3, -0.25) is 0 Å². The SMILES string of the molecule is NC(=NO)c1cccnc1-n1cc(I)cn1. The molecule has 0 amide bonds. The Morgan fingerprint density at radius 2 is 2.38 bits per heavy atom. The fourth-order valence-corrected chi connectivity index (χ4v) is 1.64. The van der Waals surface area contributed by atoms with Gasteiger partial charge in [-0.05, 0) is 34.7 Å². The molecule has 0 aromatic carbocycles. The number of nitrogens with zero attached hydrogens (tertiary/aromatic N) is 4. The summed E-state index contributed by atoms with van der Waals surface area (Å²) in [6, 6.07) is 3.43. The van der Waals surface area contributed by atoms with Crippen molar-refractivity contribution in [2.75, 3.05) is 0 Å². The molecule has 2 aromatic heterocycles. The number of oxime groups is 1. The van der Waals surface area contributed by atoms with E-state index in [1.165, 1.54) is 0 Å². The molecule has 0 unspecified atom stereocenters. The van der Waals surface area contributed by atoms with Crippen molar-refractivity contribution in [1.82, 2.24) is 14.8 Å². The highest BCUT2D eigenvalue weighted by Gasteiger charge is 2.10. The van der Waals surface area contributed by atoms with Crippen LogP contribution in [0.1, 0.15) is 5.56 Å². The summed E-state index contributed by atoms with van der Waals surface area (Å²) in [6.07, 6.45) is 5.13. The molecule has 82 valence electrons. The molecule has 16 heavy (non-hydrogen) atoms. The van der Waals surface area contributed by atoms with Crippen molar-refractivity contribution in [2.24, 2.45) is 10.9 Å². The van der Waals surface area contributed by atoms with Crippen molar-refractivity contribution in [1.29, 1.82) is 0 Å². The van der Waals surface area contributed by atoms with Gasteiger partial charge in [-0.15, -0.1) is 0 Å². The van der Waals surface area contributed by atoms with E-state index < -0.39 is 0 Å². The zero-order valence-corrected chi connectivity index (χ0v) is 10.2. The second-order valence-corrected chi connectivity index (χ2v) is 4.21. The van der Waals surface area contributed by atoms with Crippen LogP contribution in [0.2, 0.25) is 0 Å². The molecule has 0 bridgehead atoms. The van der Waals surface area contributed by atoms with Crippen molar-refractivity contribution in [3.05, 3.63) is 39.9 Å². The Morgan fingerprint density at radius 3 is 3.00 bits per heavy atom. The number of nitrogens with two attached hydrogens (primary N) is 1. The van der Waals surface area contributed by atoms with Crippen LogP contribution in [0.4, 0.5) is 0 Å². The molecule has 0 radical (unpaired) electrons. The Morgan fingerprint density at radius 1 is 1.56 bits per heavy atom. The zero-order valence-electron chi connectivity index (χ0n) is 8.08. The summed E-state index contributed by atoms with van der Waals surface area (Å²) >= 11 is 2.14. The van der Waals surface area contributed by atoms with Crippen molar-refractivity contribution in [2.45, 2.75) is 0 Å². The highest BCUT2D eigenvalue weighted by atomic mass is 127. The van der Waals surface area contributed by atoms with Gasteiger partial charge in [0.25, 0.3) is 0 Å². The van der Waals surface area contributed by atoms with Crippen LogP contribution in [0.25, 0.3) is 5.82 Å². The summed E-state index contributed by atoms with van der Waals surface area (Å²) in [4.78, 5) is 4.16. The number of hydrogen-bond acceptors (Lipinski definition) is 4.